The van der Waals surface area contributed by atoms with Crippen molar-refractivity contribution in [1.29, 1.82) is 0 Å². The summed E-state index contributed by atoms with van der Waals surface area (Å²) >= 11 is 1.79. The van der Waals surface area contributed by atoms with E-state index in [0.29, 0.717) is 0 Å². The smallest absolute Gasteiger partial charge is 0.161 e. The first kappa shape index (κ1) is 9.59. The molecule has 0 bridgehead atoms. The zero-order chi connectivity index (χ0) is 9.97. The monoisotopic (exact) mass is 206 g/mol. The van der Waals surface area contributed by atoms with Crippen molar-refractivity contribution in [3.8, 4) is 0 Å². The first-order valence-electron chi connectivity index (χ1n) is 4.76. The van der Waals surface area contributed by atoms with Gasteiger partial charge in [0.1, 0.15) is 0 Å². The normalized spacial score (nSPS) is 15.4. The molecule has 1 aliphatic rings. The molecule has 2 nitrogen and oxygen atoms in total. The van der Waals surface area contributed by atoms with E-state index in [-0.39, 0.29) is 0 Å². The van der Waals surface area contributed by atoms with Gasteiger partial charge in [-0.15, -0.1) is 0 Å². The third-order valence-corrected chi connectivity index (χ3v) is 2.95. The summed E-state index contributed by atoms with van der Waals surface area (Å²) in [6.45, 7) is 5.17. The van der Waals surface area contributed by atoms with Gasteiger partial charge in [0.25, 0.3) is 0 Å². The Morgan fingerprint density at radius 3 is 2.50 bits per heavy atom. The van der Waals surface area contributed by atoms with Gasteiger partial charge >= 0.3 is 0 Å². The van der Waals surface area contributed by atoms with Gasteiger partial charge in [-0.2, -0.15) is 0 Å². The number of benzene rings is 1. The number of nitrogens with zero attached hydrogens (tertiary/aromatic N) is 1. The maximum absolute atomic E-state index is 4.36. The van der Waals surface area contributed by atoms with Gasteiger partial charge in [0.05, 0.1) is 6.54 Å². The van der Waals surface area contributed by atoms with E-state index in [1.54, 1.807) is 11.8 Å². The van der Waals surface area contributed by atoms with Crippen LogP contribution >= 0.6 is 11.8 Å². The fraction of sp³-hybridized carbons (Fsp3) is 0.364. The van der Waals surface area contributed by atoms with Gasteiger partial charge in [-0.1, -0.05) is 17.8 Å². The lowest BCUT2D eigenvalue weighted by Crippen LogP contribution is -2.05. The molecule has 74 valence electrons. The van der Waals surface area contributed by atoms with Crippen LogP contribution in [0.4, 0.5) is 5.69 Å². The Balaban J connectivity index is 2.15. The van der Waals surface area contributed by atoms with Crippen LogP contribution < -0.4 is 5.32 Å². The van der Waals surface area contributed by atoms with E-state index in [2.05, 4.69) is 42.4 Å². The lowest BCUT2D eigenvalue weighted by Gasteiger charge is -2.07. The summed E-state index contributed by atoms with van der Waals surface area (Å²) < 4.78 is 0. The molecule has 0 atom stereocenters. The summed E-state index contributed by atoms with van der Waals surface area (Å²) in [6.07, 6.45) is 0. The van der Waals surface area contributed by atoms with Crippen LogP contribution in [0.5, 0.6) is 0 Å². The second-order valence-electron chi connectivity index (χ2n) is 3.54. The highest BCUT2D eigenvalue weighted by molar-refractivity contribution is 8.14. The Morgan fingerprint density at radius 2 is 1.93 bits per heavy atom. The Labute approximate surface area is 88.8 Å². The fourth-order valence-corrected chi connectivity index (χ4v) is 2.33. The number of hydrogen-bond donors (Lipinski definition) is 1. The number of aliphatic imine (C=N–C) groups is 1. The van der Waals surface area contributed by atoms with E-state index in [9.17, 15) is 0 Å². The first-order chi connectivity index (χ1) is 6.74. The molecule has 0 aromatic heterocycles. The van der Waals surface area contributed by atoms with Crippen LogP contribution in [0.2, 0.25) is 0 Å². The Morgan fingerprint density at radius 1 is 1.21 bits per heavy atom. The second-order valence-corrected chi connectivity index (χ2v) is 4.62. The molecule has 0 unspecified atom stereocenters. The molecule has 1 aromatic carbocycles. The van der Waals surface area contributed by atoms with Gasteiger partial charge in [-0.3, -0.25) is 4.99 Å². The molecule has 1 aliphatic heterocycles. The van der Waals surface area contributed by atoms with Crippen molar-refractivity contribution in [3.05, 3.63) is 29.3 Å². The molecule has 0 amide bonds. The number of hydrogen-bond acceptors (Lipinski definition) is 3. The van der Waals surface area contributed by atoms with E-state index >= 15 is 0 Å². The Hall–Kier alpha value is -0.960. The van der Waals surface area contributed by atoms with Crippen LogP contribution in [-0.4, -0.2) is 17.5 Å². The number of rotatable bonds is 1. The fourth-order valence-electron chi connectivity index (χ4n) is 1.58. The maximum Gasteiger partial charge on any atom is 0.161 e. The molecule has 0 aliphatic carbocycles. The number of anilines is 1. The highest BCUT2D eigenvalue weighted by Gasteiger charge is 2.06. The Bertz CT molecular complexity index is 351. The highest BCUT2D eigenvalue weighted by Crippen LogP contribution is 2.18. The van der Waals surface area contributed by atoms with Crippen molar-refractivity contribution in [2.75, 3.05) is 17.6 Å². The van der Waals surface area contributed by atoms with Crippen molar-refractivity contribution < 1.29 is 0 Å². The standard InChI is InChI=1S/C11H14N2S/c1-8-5-9(2)7-10(6-8)13-11-12-3-4-14-11/h5-7H,3-4H2,1-2H3,(H,12,13). The van der Waals surface area contributed by atoms with Gasteiger partial charge in [-0.05, 0) is 37.1 Å². The number of nitrogens with one attached hydrogen (secondary N) is 1. The third-order valence-electron chi connectivity index (χ3n) is 2.06. The molecule has 1 heterocycles. The molecular weight excluding hydrogens is 192 g/mol. The molecule has 0 saturated heterocycles. The summed E-state index contributed by atoms with van der Waals surface area (Å²) in [7, 11) is 0. The zero-order valence-electron chi connectivity index (χ0n) is 8.50. The van der Waals surface area contributed by atoms with Gasteiger partial charge in [0.15, 0.2) is 5.17 Å². The van der Waals surface area contributed by atoms with E-state index in [1.807, 2.05) is 0 Å². The molecule has 1 aromatic rings. The SMILES string of the molecule is Cc1cc(C)cc(NC2=NCCS2)c1. The minimum Gasteiger partial charge on any atom is -0.335 e. The average molecular weight is 206 g/mol. The molecule has 0 fully saturated rings. The molecule has 0 spiro atoms. The number of aryl methyl sites for hydroxylation is 2. The van der Waals surface area contributed by atoms with E-state index in [1.165, 1.54) is 11.1 Å². The van der Waals surface area contributed by atoms with Crippen molar-refractivity contribution >= 4 is 22.6 Å². The average Bonchev–Trinajstić information content (AvgIpc) is 2.54. The lowest BCUT2D eigenvalue weighted by atomic mass is 10.1. The van der Waals surface area contributed by atoms with Crippen LogP contribution in [0.3, 0.4) is 0 Å². The third kappa shape index (κ3) is 2.29. The molecular formula is C11H14N2S. The predicted molar refractivity (Wildman–Crippen MR) is 64.3 cm³/mol. The molecule has 0 radical (unpaired) electrons. The summed E-state index contributed by atoms with van der Waals surface area (Å²) in [5.41, 5.74) is 3.72. The zero-order valence-corrected chi connectivity index (χ0v) is 9.32. The van der Waals surface area contributed by atoms with Crippen LogP contribution in [0.25, 0.3) is 0 Å². The molecule has 0 saturated carbocycles. The summed E-state index contributed by atoms with van der Waals surface area (Å²) in [4.78, 5) is 4.36. The van der Waals surface area contributed by atoms with E-state index in [4.69, 9.17) is 0 Å². The molecule has 14 heavy (non-hydrogen) atoms. The Kier molecular flexibility index (Phi) is 2.77. The van der Waals surface area contributed by atoms with Crippen molar-refractivity contribution in [1.82, 2.24) is 0 Å². The minimum absolute atomic E-state index is 0.942. The quantitative estimate of drug-likeness (QED) is 0.764. The van der Waals surface area contributed by atoms with Crippen LogP contribution in [0, 0.1) is 13.8 Å². The van der Waals surface area contributed by atoms with E-state index < -0.39 is 0 Å². The summed E-state index contributed by atoms with van der Waals surface area (Å²) in [6, 6.07) is 6.47. The highest BCUT2D eigenvalue weighted by atomic mass is 32.2. The van der Waals surface area contributed by atoms with Gasteiger partial charge in [0, 0.05) is 11.4 Å². The van der Waals surface area contributed by atoms with Crippen LogP contribution in [0.1, 0.15) is 11.1 Å². The second kappa shape index (κ2) is 4.05. The van der Waals surface area contributed by atoms with Crippen molar-refractivity contribution in [2.45, 2.75) is 13.8 Å². The number of thioether (sulfide) groups is 1. The van der Waals surface area contributed by atoms with Gasteiger partial charge in [0.2, 0.25) is 0 Å². The summed E-state index contributed by atoms with van der Waals surface area (Å²) in [5, 5.41) is 4.39. The predicted octanol–water partition coefficient (Wildman–Crippen LogP) is 2.82. The molecule has 1 N–H and O–H groups in total. The molecule has 3 heteroatoms. The van der Waals surface area contributed by atoms with Crippen LogP contribution in [-0.2, 0) is 0 Å². The lowest BCUT2D eigenvalue weighted by molar-refractivity contribution is 1.17. The van der Waals surface area contributed by atoms with Crippen LogP contribution in [0.15, 0.2) is 23.2 Å². The minimum atomic E-state index is 0.942. The molecule has 2 rings (SSSR count). The number of amidine groups is 1. The van der Waals surface area contributed by atoms with Crippen molar-refractivity contribution in [3.63, 3.8) is 0 Å². The topological polar surface area (TPSA) is 24.4 Å². The van der Waals surface area contributed by atoms with Gasteiger partial charge in [-0.25, -0.2) is 0 Å². The van der Waals surface area contributed by atoms with Crippen molar-refractivity contribution in [2.24, 2.45) is 4.99 Å². The van der Waals surface area contributed by atoms with Gasteiger partial charge < -0.3 is 5.32 Å². The first-order valence-corrected chi connectivity index (χ1v) is 5.75. The maximum atomic E-state index is 4.36. The largest absolute Gasteiger partial charge is 0.335 e. The summed E-state index contributed by atoms with van der Waals surface area (Å²) in [5.74, 6) is 1.10. The van der Waals surface area contributed by atoms with E-state index in [0.717, 1.165) is 23.2 Å².